The molecule has 0 spiro atoms. The molecule has 0 unspecified atom stereocenters. The number of nitrogens with zero attached hydrogens (tertiary/aromatic N) is 2. The second kappa shape index (κ2) is 8.10. The smallest absolute Gasteiger partial charge is 0.255 e. The van der Waals surface area contributed by atoms with Crippen LogP contribution >= 0.6 is 0 Å². The minimum Gasteiger partial charge on any atom is -0.390 e. The lowest BCUT2D eigenvalue weighted by molar-refractivity contribution is 0.0140. The highest BCUT2D eigenvalue weighted by molar-refractivity contribution is 5.99. The highest BCUT2D eigenvalue weighted by Crippen LogP contribution is 2.59. The number of aliphatic hydroxyl groups is 1. The third-order valence-electron chi connectivity index (χ3n) is 8.26. The van der Waals surface area contributed by atoms with Crippen LogP contribution in [0.5, 0.6) is 0 Å². The zero-order valence-electron chi connectivity index (χ0n) is 20.0. The Hall–Kier alpha value is -2.44. The highest BCUT2D eigenvalue weighted by atomic mass is 16.3. The van der Waals surface area contributed by atoms with E-state index in [1.165, 1.54) is 18.5 Å². The van der Waals surface area contributed by atoms with Crippen LogP contribution in [0, 0.1) is 5.92 Å². The lowest BCUT2D eigenvalue weighted by atomic mass is 9.83. The number of carbonyl (C=O) groups excluding carboxylic acids is 1. The average molecular weight is 449 g/mol. The Morgan fingerprint density at radius 1 is 1.21 bits per heavy atom. The molecular weight excluding hydrogens is 412 g/mol. The van der Waals surface area contributed by atoms with E-state index in [1.807, 2.05) is 13.0 Å². The summed E-state index contributed by atoms with van der Waals surface area (Å²) in [5, 5.41) is 13.2. The van der Waals surface area contributed by atoms with Crippen LogP contribution in [0.1, 0.15) is 68.8 Å². The van der Waals surface area contributed by atoms with Crippen molar-refractivity contribution in [3.8, 4) is 11.1 Å². The van der Waals surface area contributed by atoms with Crippen LogP contribution in [0.2, 0.25) is 0 Å². The number of anilines is 1. The number of nitrogens with one attached hydrogen (secondary N) is 1. The number of amides is 1. The Labute approximate surface area is 196 Å². The SMILES string of the molecule is CC(C)N1C[C@@H]2C[C@]2(c2ccc(-c3cnc(N)c(C(=O)NC4CCC(C)(O)CC4)c3)cc2)C1. The van der Waals surface area contributed by atoms with Gasteiger partial charge in [-0.15, -0.1) is 0 Å². The molecule has 1 aliphatic heterocycles. The zero-order chi connectivity index (χ0) is 23.4. The van der Waals surface area contributed by atoms with E-state index in [9.17, 15) is 9.90 Å². The molecule has 0 radical (unpaired) electrons. The Balaban J connectivity index is 1.30. The molecule has 5 rings (SSSR count). The van der Waals surface area contributed by atoms with Crippen LogP contribution in [-0.4, -0.2) is 51.7 Å². The summed E-state index contributed by atoms with van der Waals surface area (Å²) >= 11 is 0. The number of carbonyl (C=O) groups is 1. The van der Waals surface area contributed by atoms with Gasteiger partial charge in [0.15, 0.2) is 0 Å². The van der Waals surface area contributed by atoms with Crippen LogP contribution in [0.4, 0.5) is 5.82 Å². The predicted molar refractivity (Wildman–Crippen MR) is 131 cm³/mol. The number of hydrogen-bond acceptors (Lipinski definition) is 5. The van der Waals surface area contributed by atoms with Crippen LogP contribution in [0.15, 0.2) is 36.5 Å². The van der Waals surface area contributed by atoms with Crippen molar-refractivity contribution < 1.29 is 9.90 Å². The quantitative estimate of drug-likeness (QED) is 0.648. The third-order valence-corrected chi connectivity index (χ3v) is 8.26. The lowest BCUT2D eigenvalue weighted by Crippen LogP contribution is -2.42. The van der Waals surface area contributed by atoms with Gasteiger partial charge in [-0.25, -0.2) is 4.98 Å². The highest BCUT2D eigenvalue weighted by Gasteiger charge is 2.60. The summed E-state index contributed by atoms with van der Waals surface area (Å²) in [6, 6.07) is 11.3. The summed E-state index contributed by atoms with van der Waals surface area (Å²) in [7, 11) is 0. The van der Waals surface area contributed by atoms with Crippen molar-refractivity contribution in [1.29, 1.82) is 0 Å². The first-order chi connectivity index (χ1) is 15.7. The van der Waals surface area contributed by atoms with Gasteiger partial charge in [-0.1, -0.05) is 24.3 Å². The summed E-state index contributed by atoms with van der Waals surface area (Å²) in [4.78, 5) is 19.8. The largest absolute Gasteiger partial charge is 0.390 e. The normalized spacial score (nSPS) is 31.4. The summed E-state index contributed by atoms with van der Waals surface area (Å²) < 4.78 is 0. The molecule has 2 atom stereocenters. The molecule has 6 nitrogen and oxygen atoms in total. The minimum atomic E-state index is -0.625. The summed E-state index contributed by atoms with van der Waals surface area (Å²) in [6.45, 7) is 8.78. The number of piperidine rings is 1. The molecule has 2 heterocycles. The van der Waals surface area contributed by atoms with E-state index >= 15 is 0 Å². The van der Waals surface area contributed by atoms with Crippen molar-refractivity contribution in [2.24, 2.45) is 5.92 Å². The van der Waals surface area contributed by atoms with Gasteiger partial charge in [0.05, 0.1) is 11.2 Å². The van der Waals surface area contributed by atoms with Gasteiger partial charge in [0, 0.05) is 42.3 Å². The first-order valence-corrected chi connectivity index (χ1v) is 12.3. The fourth-order valence-corrected chi connectivity index (χ4v) is 5.82. The van der Waals surface area contributed by atoms with E-state index in [2.05, 4.69) is 53.3 Å². The van der Waals surface area contributed by atoms with Gasteiger partial charge in [-0.05, 0) is 76.0 Å². The maximum absolute atomic E-state index is 12.9. The number of hydrogen-bond donors (Lipinski definition) is 3. The Morgan fingerprint density at radius 3 is 2.55 bits per heavy atom. The van der Waals surface area contributed by atoms with Gasteiger partial charge in [-0.2, -0.15) is 0 Å². The molecule has 1 aromatic carbocycles. The number of benzene rings is 1. The summed E-state index contributed by atoms with van der Waals surface area (Å²) in [5.74, 6) is 0.835. The van der Waals surface area contributed by atoms with Crippen LogP contribution in [0.3, 0.4) is 0 Å². The number of aromatic nitrogens is 1. The first kappa shape index (κ1) is 22.4. The number of fused-ring (bicyclic) bond motifs is 1. The Morgan fingerprint density at radius 2 is 1.91 bits per heavy atom. The molecule has 0 bridgehead atoms. The van der Waals surface area contributed by atoms with E-state index in [0.717, 1.165) is 36.4 Å². The molecule has 1 amide bonds. The van der Waals surface area contributed by atoms with Crippen molar-refractivity contribution in [3.05, 3.63) is 47.7 Å². The van der Waals surface area contributed by atoms with Gasteiger partial charge in [-0.3, -0.25) is 9.69 Å². The molecule has 3 aliphatic rings. The molecule has 33 heavy (non-hydrogen) atoms. The minimum absolute atomic E-state index is 0.0580. The topological polar surface area (TPSA) is 91.5 Å². The summed E-state index contributed by atoms with van der Waals surface area (Å²) in [5.41, 5.74) is 9.55. The van der Waals surface area contributed by atoms with Crippen molar-refractivity contribution in [3.63, 3.8) is 0 Å². The molecule has 2 aliphatic carbocycles. The fraction of sp³-hybridized carbons (Fsp3) is 0.556. The van der Waals surface area contributed by atoms with Crippen molar-refractivity contribution in [1.82, 2.24) is 15.2 Å². The van der Waals surface area contributed by atoms with E-state index < -0.39 is 5.60 Å². The van der Waals surface area contributed by atoms with Crippen LogP contribution in [0.25, 0.3) is 11.1 Å². The van der Waals surface area contributed by atoms with Crippen LogP contribution in [-0.2, 0) is 5.41 Å². The van der Waals surface area contributed by atoms with Crippen molar-refractivity contribution in [2.75, 3.05) is 18.8 Å². The number of pyridine rings is 1. The standard InChI is InChI=1S/C27H36N4O2/c1-17(2)31-15-21-13-27(21,16-31)20-6-4-18(5-7-20)19-12-23(24(28)29-14-19)25(32)30-22-8-10-26(3,33)11-9-22/h4-7,12,14,17,21-22,33H,8-11,13,15-16H2,1-3H3,(H2,28,29)(H,30,32)/t21-,22?,26?,27+/m0/s1. The second-order valence-electron chi connectivity index (χ2n) is 11.1. The van der Waals surface area contributed by atoms with Gasteiger partial charge in [0.2, 0.25) is 0 Å². The average Bonchev–Trinajstić information content (AvgIpc) is 3.36. The van der Waals surface area contributed by atoms with Gasteiger partial charge >= 0.3 is 0 Å². The van der Waals surface area contributed by atoms with Gasteiger partial charge in [0.1, 0.15) is 5.82 Å². The van der Waals surface area contributed by atoms with Crippen molar-refractivity contribution >= 4 is 11.7 Å². The molecule has 1 aromatic heterocycles. The van der Waals surface area contributed by atoms with E-state index in [4.69, 9.17) is 5.73 Å². The second-order valence-corrected chi connectivity index (χ2v) is 11.1. The molecule has 1 saturated heterocycles. The number of nitrogen functional groups attached to an aromatic ring is 1. The van der Waals surface area contributed by atoms with Crippen molar-refractivity contribution in [2.45, 2.75) is 76.0 Å². The van der Waals surface area contributed by atoms with E-state index in [1.54, 1.807) is 6.20 Å². The fourth-order valence-electron chi connectivity index (χ4n) is 5.82. The van der Waals surface area contributed by atoms with Crippen LogP contribution < -0.4 is 11.1 Å². The predicted octanol–water partition coefficient (Wildman–Crippen LogP) is 3.74. The maximum Gasteiger partial charge on any atom is 0.255 e. The molecule has 3 fully saturated rings. The molecule has 6 heteroatoms. The lowest BCUT2D eigenvalue weighted by Gasteiger charge is -2.33. The van der Waals surface area contributed by atoms with Gasteiger partial charge in [0.25, 0.3) is 5.91 Å². The van der Waals surface area contributed by atoms with Gasteiger partial charge < -0.3 is 16.2 Å². The molecule has 2 saturated carbocycles. The monoisotopic (exact) mass is 448 g/mol. The molecule has 2 aromatic rings. The summed E-state index contributed by atoms with van der Waals surface area (Å²) in [6.07, 6.45) is 5.95. The van der Waals surface area contributed by atoms with E-state index in [-0.39, 0.29) is 17.8 Å². The number of rotatable bonds is 5. The van der Waals surface area contributed by atoms with E-state index in [0.29, 0.717) is 29.9 Å². The number of likely N-dealkylation sites (tertiary alicyclic amines) is 1. The maximum atomic E-state index is 12.9. The Bertz CT molecular complexity index is 1040. The molecule has 4 N–H and O–H groups in total. The third kappa shape index (κ3) is 4.26. The zero-order valence-corrected chi connectivity index (χ0v) is 20.0. The number of nitrogens with two attached hydrogens (primary N) is 1. The first-order valence-electron chi connectivity index (χ1n) is 12.3. The Kier molecular flexibility index (Phi) is 5.49. The molecular formula is C27H36N4O2. The molecule has 176 valence electrons.